The van der Waals surface area contributed by atoms with Gasteiger partial charge in [-0.05, 0) is 43.5 Å². The molecular weight excluding hydrogens is 402 g/mol. The van der Waals surface area contributed by atoms with E-state index in [9.17, 15) is 9.59 Å². The minimum absolute atomic E-state index is 0.0350. The standard InChI is InChI=1S/C25H27N5O2/c1-14-9-22-23(30(25(14)32)13-21-15(2)28-29(4)16(21)3)11-19(12-27-22)18-6-5-17-7-8-26-24(31)20(17)10-18/h5-6,10-12,14H,7-9,13H2,1-4H3,(H,26,31). The van der Waals surface area contributed by atoms with Crippen molar-refractivity contribution in [1.82, 2.24) is 20.1 Å². The Balaban J connectivity index is 1.57. The zero-order valence-electron chi connectivity index (χ0n) is 18.9. The van der Waals surface area contributed by atoms with E-state index < -0.39 is 0 Å². The van der Waals surface area contributed by atoms with Gasteiger partial charge in [0.05, 0.1) is 23.6 Å². The van der Waals surface area contributed by atoms with E-state index in [-0.39, 0.29) is 17.7 Å². The summed E-state index contributed by atoms with van der Waals surface area (Å²) in [6.07, 6.45) is 3.32. The topological polar surface area (TPSA) is 80.1 Å². The van der Waals surface area contributed by atoms with Crippen molar-refractivity contribution in [2.75, 3.05) is 11.4 Å². The van der Waals surface area contributed by atoms with Crippen molar-refractivity contribution >= 4 is 17.5 Å². The lowest BCUT2D eigenvalue weighted by atomic mass is 9.93. The summed E-state index contributed by atoms with van der Waals surface area (Å²) >= 11 is 0. The van der Waals surface area contributed by atoms with Gasteiger partial charge in [0.2, 0.25) is 5.91 Å². The number of hydrogen-bond acceptors (Lipinski definition) is 4. The predicted octanol–water partition coefficient (Wildman–Crippen LogP) is 3.11. The van der Waals surface area contributed by atoms with Gasteiger partial charge in [0.25, 0.3) is 5.91 Å². The molecule has 1 unspecified atom stereocenters. The largest absolute Gasteiger partial charge is 0.352 e. The molecule has 2 aliphatic rings. The molecule has 0 saturated carbocycles. The molecule has 2 aromatic heterocycles. The molecule has 2 aliphatic heterocycles. The number of rotatable bonds is 3. The first-order chi connectivity index (χ1) is 15.3. The van der Waals surface area contributed by atoms with Gasteiger partial charge in [0, 0.05) is 54.5 Å². The molecule has 164 valence electrons. The highest BCUT2D eigenvalue weighted by Crippen LogP contribution is 2.35. The molecule has 5 rings (SSSR count). The molecule has 2 amide bonds. The van der Waals surface area contributed by atoms with E-state index in [2.05, 4.69) is 10.4 Å². The summed E-state index contributed by atoms with van der Waals surface area (Å²) < 4.78 is 1.86. The molecule has 7 nitrogen and oxygen atoms in total. The number of pyridine rings is 1. The minimum Gasteiger partial charge on any atom is -0.352 e. The summed E-state index contributed by atoms with van der Waals surface area (Å²) in [5.74, 6) is -0.0540. The monoisotopic (exact) mass is 429 g/mol. The molecule has 1 atom stereocenters. The van der Waals surface area contributed by atoms with Gasteiger partial charge in [-0.2, -0.15) is 5.10 Å². The predicted molar refractivity (Wildman–Crippen MR) is 122 cm³/mol. The molecule has 1 aromatic carbocycles. The highest BCUT2D eigenvalue weighted by molar-refractivity contribution is 5.99. The molecular formula is C25H27N5O2. The van der Waals surface area contributed by atoms with Gasteiger partial charge in [-0.3, -0.25) is 19.3 Å². The highest BCUT2D eigenvalue weighted by Gasteiger charge is 2.32. The average Bonchev–Trinajstić information content (AvgIpc) is 3.02. The molecule has 0 spiro atoms. The number of nitrogens with zero attached hydrogens (tertiary/aromatic N) is 4. The quantitative estimate of drug-likeness (QED) is 0.694. The molecule has 0 bridgehead atoms. The van der Waals surface area contributed by atoms with Crippen molar-refractivity contribution in [2.24, 2.45) is 13.0 Å². The van der Waals surface area contributed by atoms with Crippen LogP contribution in [-0.2, 0) is 31.2 Å². The van der Waals surface area contributed by atoms with Crippen molar-refractivity contribution in [1.29, 1.82) is 0 Å². The second kappa shape index (κ2) is 7.58. The van der Waals surface area contributed by atoms with Crippen molar-refractivity contribution in [3.8, 4) is 11.1 Å². The number of anilines is 1. The van der Waals surface area contributed by atoms with Crippen LogP contribution in [0.3, 0.4) is 0 Å². The highest BCUT2D eigenvalue weighted by atomic mass is 16.2. The Kier molecular flexibility index (Phi) is 4.84. The molecule has 3 aromatic rings. The van der Waals surface area contributed by atoms with Crippen LogP contribution < -0.4 is 10.2 Å². The fourth-order valence-electron chi connectivity index (χ4n) is 4.75. The van der Waals surface area contributed by atoms with Crippen molar-refractivity contribution < 1.29 is 9.59 Å². The first kappa shape index (κ1) is 20.4. The molecule has 0 radical (unpaired) electrons. The van der Waals surface area contributed by atoms with E-state index in [0.717, 1.165) is 57.0 Å². The van der Waals surface area contributed by atoms with Crippen LogP contribution in [-0.4, -0.2) is 33.1 Å². The van der Waals surface area contributed by atoms with E-state index >= 15 is 0 Å². The van der Waals surface area contributed by atoms with Crippen LogP contribution >= 0.6 is 0 Å². The third-order valence-corrected chi connectivity index (χ3v) is 6.77. The Morgan fingerprint density at radius 3 is 2.72 bits per heavy atom. The Labute approximate surface area is 187 Å². The SMILES string of the molecule is Cc1nn(C)c(C)c1CN1C(=O)C(C)Cc2ncc(-c3ccc4c(c3)C(=O)NCC4)cc21. The maximum atomic E-state index is 13.2. The molecule has 0 aliphatic carbocycles. The van der Waals surface area contributed by atoms with Gasteiger partial charge in [0.1, 0.15) is 0 Å². The Morgan fingerprint density at radius 2 is 1.97 bits per heavy atom. The second-order valence-electron chi connectivity index (χ2n) is 8.87. The Morgan fingerprint density at radius 1 is 1.16 bits per heavy atom. The van der Waals surface area contributed by atoms with Gasteiger partial charge >= 0.3 is 0 Å². The van der Waals surface area contributed by atoms with Crippen molar-refractivity contribution in [3.63, 3.8) is 0 Å². The number of benzene rings is 1. The summed E-state index contributed by atoms with van der Waals surface area (Å²) in [6, 6.07) is 8.03. The number of aromatic nitrogens is 3. The van der Waals surface area contributed by atoms with Gasteiger partial charge in [-0.25, -0.2) is 0 Å². The molecule has 4 heterocycles. The van der Waals surface area contributed by atoms with Crippen molar-refractivity contribution in [2.45, 2.75) is 40.2 Å². The van der Waals surface area contributed by atoms with Gasteiger partial charge in [-0.1, -0.05) is 19.1 Å². The second-order valence-corrected chi connectivity index (χ2v) is 8.87. The molecule has 0 saturated heterocycles. The molecule has 1 N–H and O–H groups in total. The van der Waals surface area contributed by atoms with Crippen LogP contribution in [0.25, 0.3) is 11.1 Å². The summed E-state index contributed by atoms with van der Waals surface area (Å²) in [5.41, 5.74) is 8.43. The lowest BCUT2D eigenvalue weighted by Gasteiger charge is -2.32. The summed E-state index contributed by atoms with van der Waals surface area (Å²) in [6.45, 7) is 7.11. The van der Waals surface area contributed by atoms with E-state index in [1.165, 1.54) is 0 Å². The van der Waals surface area contributed by atoms with Crippen LogP contribution in [0.15, 0.2) is 30.5 Å². The van der Waals surface area contributed by atoms with Crippen LogP contribution in [0, 0.1) is 19.8 Å². The average molecular weight is 430 g/mol. The van der Waals surface area contributed by atoms with Gasteiger partial charge < -0.3 is 10.2 Å². The van der Waals surface area contributed by atoms with E-state index in [1.54, 1.807) is 0 Å². The maximum Gasteiger partial charge on any atom is 0.251 e. The number of amides is 2. The first-order valence-electron chi connectivity index (χ1n) is 11.0. The third kappa shape index (κ3) is 3.28. The van der Waals surface area contributed by atoms with Crippen LogP contribution in [0.4, 0.5) is 5.69 Å². The normalized spacial score (nSPS) is 17.8. The third-order valence-electron chi connectivity index (χ3n) is 6.77. The lowest BCUT2D eigenvalue weighted by Crippen LogP contribution is -2.40. The number of hydrogen-bond donors (Lipinski definition) is 1. The Hall–Kier alpha value is -3.48. The fraction of sp³-hybridized carbons (Fsp3) is 0.360. The molecule has 0 fully saturated rings. The number of fused-ring (bicyclic) bond motifs is 2. The zero-order chi connectivity index (χ0) is 22.6. The number of carbonyl (C=O) groups is 2. The minimum atomic E-state index is -0.120. The Bertz CT molecular complexity index is 1260. The van der Waals surface area contributed by atoms with Crippen molar-refractivity contribution in [3.05, 3.63) is 64.2 Å². The maximum absolute atomic E-state index is 13.2. The molecule has 7 heteroatoms. The summed E-state index contributed by atoms with van der Waals surface area (Å²) in [4.78, 5) is 32.1. The van der Waals surface area contributed by atoms with E-state index in [1.807, 2.05) is 67.9 Å². The summed E-state index contributed by atoms with van der Waals surface area (Å²) in [7, 11) is 1.92. The number of carbonyl (C=O) groups excluding carboxylic acids is 2. The zero-order valence-corrected chi connectivity index (χ0v) is 18.9. The van der Waals surface area contributed by atoms with E-state index in [4.69, 9.17) is 4.98 Å². The first-order valence-corrected chi connectivity index (χ1v) is 11.0. The van der Waals surface area contributed by atoms with Crippen LogP contribution in [0.2, 0.25) is 0 Å². The molecule has 32 heavy (non-hydrogen) atoms. The summed E-state index contributed by atoms with van der Waals surface area (Å²) in [5, 5.41) is 7.42. The van der Waals surface area contributed by atoms with Crippen LogP contribution in [0.1, 0.15) is 45.5 Å². The smallest absolute Gasteiger partial charge is 0.251 e. The lowest BCUT2D eigenvalue weighted by molar-refractivity contribution is -0.122. The van der Waals surface area contributed by atoms with Crippen LogP contribution in [0.5, 0.6) is 0 Å². The fourth-order valence-corrected chi connectivity index (χ4v) is 4.75. The number of nitrogens with one attached hydrogen (secondary N) is 1. The van der Waals surface area contributed by atoms with Gasteiger partial charge in [-0.15, -0.1) is 0 Å². The number of aryl methyl sites for hydroxylation is 2. The van der Waals surface area contributed by atoms with Gasteiger partial charge in [0.15, 0.2) is 0 Å². The van der Waals surface area contributed by atoms with E-state index in [0.29, 0.717) is 19.5 Å².